The Hall–Kier alpha value is -2.68. The Morgan fingerprint density at radius 3 is 2.79 bits per heavy atom. The molecule has 0 aliphatic carbocycles. The summed E-state index contributed by atoms with van der Waals surface area (Å²) in [4.78, 5) is 12.1. The van der Waals surface area contributed by atoms with Crippen LogP contribution in [0.15, 0.2) is 30.5 Å². The van der Waals surface area contributed by atoms with Gasteiger partial charge < -0.3 is 19.5 Å². The van der Waals surface area contributed by atoms with Crippen molar-refractivity contribution in [3.05, 3.63) is 36.2 Å². The van der Waals surface area contributed by atoms with Gasteiger partial charge in [0.05, 0.1) is 6.61 Å². The fraction of sp³-hybridized carbons (Fsp3) is 0.333. The first-order chi connectivity index (χ1) is 11.5. The van der Waals surface area contributed by atoms with Crippen LogP contribution < -0.4 is 14.8 Å². The number of halogens is 2. The molecule has 0 radical (unpaired) electrons. The van der Waals surface area contributed by atoms with E-state index >= 15 is 0 Å². The minimum atomic E-state index is -2.96. The maximum atomic E-state index is 12.4. The minimum Gasteiger partial charge on any atom is -0.490 e. The molecule has 0 saturated heterocycles. The number of nitrogens with one attached hydrogen (secondary N) is 1. The standard InChI is InChI=1S/C15H17F2N3O4/c1-3-23-13-8-10(4-5-12(13)24-15(16)17)18-14(21)11-6-7-20(19-11)9-22-2/h4-8,15H,3,9H2,1-2H3,(H,18,21). The molecule has 2 aromatic rings. The molecule has 9 heteroatoms. The molecule has 0 unspecified atom stereocenters. The van der Waals surface area contributed by atoms with Gasteiger partial charge in [-0.1, -0.05) is 0 Å². The van der Waals surface area contributed by atoms with Gasteiger partial charge in [-0.3, -0.25) is 4.79 Å². The zero-order valence-electron chi connectivity index (χ0n) is 13.2. The summed E-state index contributed by atoms with van der Waals surface area (Å²) in [5, 5.41) is 6.65. The number of amides is 1. The molecule has 0 atom stereocenters. The second-order valence-corrected chi connectivity index (χ2v) is 4.59. The van der Waals surface area contributed by atoms with E-state index in [0.717, 1.165) is 0 Å². The number of carbonyl (C=O) groups is 1. The van der Waals surface area contributed by atoms with Crippen LogP contribution in [0, 0.1) is 0 Å². The van der Waals surface area contributed by atoms with E-state index in [1.165, 1.54) is 36.1 Å². The molecular weight excluding hydrogens is 324 g/mol. The van der Waals surface area contributed by atoms with Crippen molar-refractivity contribution in [3.63, 3.8) is 0 Å². The van der Waals surface area contributed by atoms with Crippen molar-refractivity contribution < 1.29 is 27.8 Å². The number of anilines is 1. The average Bonchev–Trinajstić information content (AvgIpc) is 2.99. The van der Waals surface area contributed by atoms with Gasteiger partial charge in [0.15, 0.2) is 17.2 Å². The van der Waals surface area contributed by atoms with Crippen LogP contribution >= 0.6 is 0 Å². The molecule has 7 nitrogen and oxygen atoms in total. The van der Waals surface area contributed by atoms with Gasteiger partial charge in [-0.15, -0.1) is 0 Å². The summed E-state index contributed by atoms with van der Waals surface area (Å²) in [7, 11) is 1.51. The summed E-state index contributed by atoms with van der Waals surface area (Å²) in [6.45, 7) is -0.769. The quantitative estimate of drug-likeness (QED) is 0.799. The van der Waals surface area contributed by atoms with Gasteiger partial charge in [-0.25, -0.2) is 4.68 Å². The highest BCUT2D eigenvalue weighted by Gasteiger charge is 2.14. The Morgan fingerprint density at radius 1 is 1.33 bits per heavy atom. The van der Waals surface area contributed by atoms with Crippen molar-refractivity contribution in [2.24, 2.45) is 0 Å². The normalized spacial score (nSPS) is 10.7. The minimum absolute atomic E-state index is 0.103. The number of hydrogen-bond acceptors (Lipinski definition) is 5. The molecular formula is C15H17F2N3O4. The highest BCUT2D eigenvalue weighted by molar-refractivity contribution is 6.02. The van der Waals surface area contributed by atoms with Crippen LogP contribution in [0.1, 0.15) is 17.4 Å². The van der Waals surface area contributed by atoms with Crippen molar-refractivity contribution in [3.8, 4) is 11.5 Å². The zero-order chi connectivity index (χ0) is 17.5. The van der Waals surface area contributed by atoms with E-state index < -0.39 is 12.5 Å². The third-order valence-electron chi connectivity index (χ3n) is 2.85. The maximum absolute atomic E-state index is 12.4. The topological polar surface area (TPSA) is 74.6 Å². The van der Waals surface area contributed by atoms with E-state index in [0.29, 0.717) is 5.69 Å². The number of hydrogen-bond donors (Lipinski definition) is 1. The van der Waals surface area contributed by atoms with Crippen LogP contribution in [0.5, 0.6) is 11.5 Å². The van der Waals surface area contributed by atoms with Crippen LogP contribution in [0.2, 0.25) is 0 Å². The summed E-state index contributed by atoms with van der Waals surface area (Å²) < 4.78 is 40.7. The highest BCUT2D eigenvalue weighted by Crippen LogP contribution is 2.31. The summed E-state index contributed by atoms with van der Waals surface area (Å²) in [6.07, 6.45) is 1.60. The summed E-state index contributed by atoms with van der Waals surface area (Å²) >= 11 is 0. The fourth-order valence-electron chi connectivity index (χ4n) is 1.93. The Kier molecular flexibility index (Phi) is 6.07. The third-order valence-corrected chi connectivity index (χ3v) is 2.85. The lowest BCUT2D eigenvalue weighted by atomic mass is 10.2. The number of alkyl halides is 2. The molecule has 0 spiro atoms. The number of carbonyl (C=O) groups excluding carboxylic acids is 1. The number of benzene rings is 1. The van der Waals surface area contributed by atoms with Crippen LogP contribution in [0.3, 0.4) is 0 Å². The molecule has 0 bridgehead atoms. The highest BCUT2D eigenvalue weighted by atomic mass is 19.3. The van der Waals surface area contributed by atoms with Crippen molar-refractivity contribution in [2.45, 2.75) is 20.3 Å². The van der Waals surface area contributed by atoms with Gasteiger partial charge in [0, 0.05) is 25.1 Å². The molecule has 1 amide bonds. The number of rotatable bonds is 8. The van der Waals surface area contributed by atoms with Crippen molar-refractivity contribution in [1.29, 1.82) is 0 Å². The van der Waals surface area contributed by atoms with Gasteiger partial charge in [0.25, 0.3) is 5.91 Å². The lowest BCUT2D eigenvalue weighted by molar-refractivity contribution is -0.0514. The molecule has 1 heterocycles. The van der Waals surface area contributed by atoms with Gasteiger partial charge in [-0.2, -0.15) is 13.9 Å². The predicted octanol–water partition coefficient (Wildman–Crippen LogP) is 2.74. The Balaban J connectivity index is 2.13. The molecule has 0 saturated carbocycles. The second kappa shape index (κ2) is 8.25. The third kappa shape index (κ3) is 4.66. The van der Waals surface area contributed by atoms with E-state index in [9.17, 15) is 13.6 Å². The van der Waals surface area contributed by atoms with Crippen LogP contribution in [0.4, 0.5) is 14.5 Å². The lowest BCUT2D eigenvalue weighted by Crippen LogP contribution is -2.14. The van der Waals surface area contributed by atoms with Crippen LogP contribution in [0.25, 0.3) is 0 Å². The molecule has 0 aliphatic rings. The molecule has 0 aliphatic heterocycles. The van der Waals surface area contributed by atoms with Gasteiger partial charge in [0.1, 0.15) is 6.73 Å². The summed E-state index contributed by atoms with van der Waals surface area (Å²) in [6, 6.07) is 5.68. The molecule has 1 aromatic carbocycles. The van der Waals surface area contributed by atoms with Crippen LogP contribution in [-0.4, -0.2) is 36.0 Å². The molecule has 0 fully saturated rings. The van der Waals surface area contributed by atoms with Gasteiger partial charge in [-0.05, 0) is 25.1 Å². The Labute approximate surface area is 137 Å². The van der Waals surface area contributed by atoms with Gasteiger partial charge >= 0.3 is 6.61 Å². The summed E-state index contributed by atoms with van der Waals surface area (Å²) in [5.41, 5.74) is 0.560. The molecule has 1 aromatic heterocycles. The van der Waals surface area contributed by atoms with E-state index in [1.807, 2.05) is 0 Å². The number of ether oxygens (including phenoxy) is 3. The number of nitrogens with zero attached hydrogens (tertiary/aromatic N) is 2. The smallest absolute Gasteiger partial charge is 0.387 e. The van der Waals surface area contributed by atoms with Crippen molar-refractivity contribution in [1.82, 2.24) is 9.78 Å². The zero-order valence-corrected chi connectivity index (χ0v) is 13.2. The van der Waals surface area contributed by atoms with E-state index in [4.69, 9.17) is 9.47 Å². The first-order valence-electron chi connectivity index (χ1n) is 7.09. The lowest BCUT2D eigenvalue weighted by Gasteiger charge is -2.13. The Morgan fingerprint density at radius 2 is 2.12 bits per heavy atom. The Bertz CT molecular complexity index is 691. The predicted molar refractivity (Wildman–Crippen MR) is 81.4 cm³/mol. The first-order valence-corrected chi connectivity index (χ1v) is 7.09. The molecule has 1 N–H and O–H groups in total. The van der Waals surface area contributed by atoms with Gasteiger partial charge in [0.2, 0.25) is 0 Å². The summed E-state index contributed by atoms with van der Waals surface area (Å²) in [5.74, 6) is -0.440. The molecule has 130 valence electrons. The largest absolute Gasteiger partial charge is 0.490 e. The van der Waals surface area contributed by atoms with E-state index in [-0.39, 0.29) is 30.5 Å². The molecule has 24 heavy (non-hydrogen) atoms. The first kappa shape index (κ1) is 17.7. The van der Waals surface area contributed by atoms with Crippen molar-refractivity contribution >= 4 is 11.6 Å². The monoisotopic (exact) mass is 341 g/mol. The SMILES string of the molecule is CCOc1cc(NC(=O)c2ccn(COC)n2)ccc1OC(F)F. The fourth-order valence-corrected chi connectivity index (χ4v) is 1.93. The number of methoxy groups -OCH3 is 1. The second-order valence-electron chi connectivity index (χ2n) is 4.59. The van der Waals surface area contributed by atoms with E-state index in [1.54, 1.807) is 13.1 Å². The maximum Gasteiger partial charge on any atom is 0.387 e. The number of aromatic nitrogens is 2. The average molecular weight is 341 g/mol. The molecule has 2 rings (SSSR count). The van der Waals surface area contributed by atoms with E-state index in [2.05, 4.69) is 15.2 Å². The van der Waals surface area contributed by atoms with Crippen LogP contribution in [-0.2, 0) is 11.5 Å². The van der Waals surface area contributed by atoms with Crippen molar-refractivity contribution in [2.75, 3.05) is 19.0 Å².